The van der Waals surface area contributed by atoms with E-state index >= 15 is 0 Å². The molecule has 2 aliphatic heterocycles. The summed E-state index contributed by atoms with van der Waals surface area (Å²) in [7, 11) is -11.7. The normalized spacial score (nSPS) is 21.4. The SMILES string of the molecule is [2H]C([2H])([2H])[Si]1(C([2H])([2H])[2H])c2ccccc2Sc2c(-c3cc([Si](C)(C)c4cccc5c4Sc4ccccc4[Si]5(C([2H])([2H])[2H])C([2H])([2H])[2H])ccc3C(C)(C)C)cccc21. The smallest absolute Gasteiger partial charge is 0.0904 e. The molecule has 0 atom stereocenters. The van der Waals surface area contributed by atoms with Crippen LogP contribution in [0, 0.1) is 0 Å². The van der Waals surface area contributed by atoms with Crippen molar-refractivity contribution in [1.82, 2.24) is 0 Å². The molecule has 0 unspecified atom stereocenters. The van der Waals surface area contributed by atoms with E-state index < -0.39 is 50.1 Å². The van der Waals surface area contributed by atoms with E-state index in [-0.39, 0.29) is 5.41 Å². The van der Waals surface area contributed by atoms with Crippen molar-refractivity contribution >= 4 is 78.9 Å². The summed E-state index contributed by atoms with van der Waals surface area (Å²) >= 11 is 2.88. The first-order valence-corrected chi connectivity index (χ1v) is 23.8. The molecule has 0 spiro atoms. The first kappa shape index (κ1) is 20.0. The molecule has 0 aromatic heterocycles. The Labute approximate surface area is 299 Å². The van der Waals surface area contributed by atoms with Gasteiger partial charge in [-0.15, -0.1) is 0 Å². The van der Waals surface area contributed by atoms with Crippen LogP contribution in [0.5, 0.6) is 0 Å². The number of hydrogen-bond acceptors (Lipinski definition) is 2. The second-order valence-corrected chi connectivity index (χ2v) is 25.3. The Morgan fingerprint density at radius 1 is 0.578 bits per heavy atom. The van der Waals surface area contributed by atoms with Gasteiger partial charge in [-0.25, -0.2) is 0 Å². The third-order valence-electron chi connectivity index (χ3n) is 9.36. The molecule has 45 heavy (non-hydrogen) atoms. The van der Waals surface area contributed by atoms with Gasteiger partial charge in [0.2, 0.25) is 0 Å². The van der Waals surface area contributed by atoms with E-state index in [4.69, 9.17) is 16.4 Å². The molecule has 0 fully saturated rings. The standard InChI is InChI=1S/C40H44S2Si3/c1-40(2,3)30-25-24-27(26-29(30)28-16-14-21-35-38(28)41-31-17-10-12-19-33(31)44(35,6)7)43(4,5)36-22-15-23-37-39(36)42-32-18-11-13-20-34(32)45(37,8)9/h10-26H,1-9H3/i6D3,7D3,8D3,9D3. The van der Waals surface area contributed by atoms with Crippen molar-refractivity contribution in [2.75, 3.05) is 0 Å². The lowest BCUT2D eigenvalue weighted by Gasteiger charge is -2.37. The first-order valence-electron chi connectivity index (χ1n) is 21.2. The fraction of sp³-hybridized carbons (Fsp3) is 0.250. The fourth-order valence-electron chi connectivity index (χ4n) is 6.80. The summed E-state index contributed by atoms with van der Waals surface area (Å²) in [6.45, 7) is -0.350. The molecule has 5 aromatic carbocycles. The molecule has 0 saturated heterocycles. The molecular formula is C40H44S2Si3. The highest BCUT2D eigenvalue weighted by molar-refractivity contribution is 8.00. The van der Waals surface area contributed by atoms with Crippen molar-refractivity contribution in [3.05, 3.63) is 109 Å². The third kappa shape index (κ3) is 4.92. The minimum absolute atomic E-state index is 0.363. The summed E-state index contributed by atoms with van der Waals surface area (Å²) in [6, 6.07) is 31.6. The van der Waals surface area contributed by atoms with Crippen molar-refractivity contribution in [2.45, 2.75) is 84.8 Å². The van der Waals surface area contributed by atoms with Gasteiger partial charge in [0.15, 0.2) is 0 Å². The predicted molar refractivity (Wildman–Crippen MR) is 208 cm³/mol. The van der Waals surface area contributed by atoms with Crippen LogP contribution in [0.4, 0.5) is 0 Å². The zero-order valence-corrected chi connectivity index (χ0v) is 30.8. The number of hydrogen-bond donors (Lipinski definition) is 0. The highest BCUT2D eigenvalue weighted by Gasteiger charge is 2.40. The molecule has 228 valence electrons. The van der Waals surface area contributed by atoms with E-state index in [1.165, 1.54) is 23.5 Å². The zero-order chi connectivity index (χ0) is 41.9. The van der Waals surface area contributed by atoms with Crippen molar-refractivity contribution in [2.24, 2.45) is 0 Å². The maximum absolute atomic E-state index is 8.91. The van der Waals surface area contributed by atoms with Gasteiger partial charge in [-0.05, 0) is 60.2 Å². The van der Waals surface area contributed by atoms with Crippen LogP contribution < -0.4 is 31.1 Å². The van der Waals surface area contributed by atoms with Gasteiger partial charge in [-0.1, -0.05) is 179 Å². The third-order valence-corrected chi connectivity index (χ3v) is 21.2. The molecule has 0 bridgehead atoms. The number of rotatable bonds is 3. The number of fused-ring (bicyclic) bond motifs is 4. The van der Waals surface area contributed by atoms with Crippen LogP contribution >= 0.6 is 23.5 Å². The predicted octanol–water partition coefficient (Wildman–Crippen LogP) is 8.05. The maximum atomic E-state index is 8.91. The van der Waals surface area contributed by atoms with Crippen LogP contribution in [0.15, 0.2) is 123 Å². The molecule has 0 N–H and O–H groups in total. The second kappa shape index (κ2) is 10.7. The summed E-state index contributed by atoms with van der Waals surface area (Å²) in [5.74, 6) is 0. The largest absolute Gasteiger partial charge is 0.115 e. The Kier molecular flexibility index (Phi) is 4.77. The summed E-state index contributed by atoms with van der Waals surface area (Å²) in [5, 5.41) is 3.57. The molecular weight excluding hydrogens is 629 g/mol. The Hall–Kier alpha value is -2.55. The van der Waals surface area contributed by atoms with Gasteiger partial charge < -0.3 is 0 Å². The Morgan fingerprint density at radius 3 is 1.71 bits per heavy atom. The molecule has 0 amide bonds. The average molecular weight is 685 g/mol. The number of benzene rings is 5. The van der Waals surface area contributed by atoms with Gasteiger partial charge in [-0.2, -0.15) is 0 Å². The van der Waals surface area contributed by atoms with Crippen LogP contribution in [-0.4, -0.2) is 24.2 Å². The van der Waals surface area contributed by atoms with Gasteiger partial charge >= 0.3 is 0 Å². The lowest BCUT2D eigenvalue weighted by molar-refractivity contribution is 0.592. The second-order valence-electron chi connectivity index (χ2n) is 13.7. The minimum atomic E-state index is -4.45. The van der Waals surface area contributed by atoms with Gasteiger partial charge in [0.05, 0.1) is 0 Å². The van der Waals surface area contributed by atoms with Gasteiger partial charge in [-0.3, -0.25) is 0 Å². The van der Waals surface area contributed by atoms with Gasteiger partial charge in [0.1, 0.15) is 24.2 Å². The molecule has 2 heterocycles. The van der Waals surface area contributed by atoms with Crippen LogP contribution in [-0.2, 0) is 5.41 Å². The molecule has 2 aliphatic rings. The van der Waals surface area contributed by atoms with E-state index in [1.54, 1.807) is 42.5 Å². The van der Waals surface area contributed by atoms with Gasteiger partial charge in [0, 0.05) is 36.0 Å². The molecule has 5 heteroatoms. The molecule has 0 saturated carbocycles. The van der Waals surface area contributed by atoms with Crippen LogP contribution in [0.25, 0.3) is 11.1 Å². The van der Waals surface area contributed by atoms with E-state index in [0.717, 1.165) is 27.1 Å². The summed E-state index contributed by atoms with van der Waals surface area (Å²) in [5.41, 5.74) is 2.29. The van der Waals surface area contributed by atoms with E-state index in [0.29, 0.717) is 40.3 Å². The quantitative estimate of drug-likeness (QED) is 0.177. The van der Waals surface area contributed by atoms with Crippen molar-refractivity contribution < 1.29 is 16.4 Å². The van der Waals surface area contributed by atoms with Crippen LogP contribution in [0.2, 0.25) is 39.0 Å². The van der Waals surface area contributed by atoms with E-state index in [9.17, 15) is 0 Å². The molecule has 5 aromatic rings. The van der Waals surface area contributed by atoms with Crippen LogP contribution in [0.1, 0.15) is 42.8 Å². The molecule has 0 radical (unpaired) electrons. The van der Waals surface area contributed by atoms with Crippen LogP contribution in [0.3, 0.4) is 0 Å². The highest BCUT2D eigenvalue weighted by atomic mass is 32.2. The lowest BCUT2D eigenvalue weighted by Crippen LogP contribution is -2.61. The Balaban J connectivity index is 1.50. The average Bonchev–Trinajstić information content (AvgIpc) is 3.09. The maximum Gasteiger partial charge on any atom is 0.115 e. The Morgan fingerprint density at radius 2 is 1.11 bits per heavy atom. The van der Waals surface area contributed by atoms with E-state index in [1.807, 2.05) is 42.5 Å². The Bertz CT molecular complexity index is 2380. The lowest BCUT2D eigenvalue weighted by atomic mass is 9.82. The summed E-state index contributed by atoms with van der Waals surface area (Å²) in [4.78, 5) is 2.66. The van der Waals surface area contributed by atoms with Crippen molar-refractivity contribution in [3.63, 3.8) is 0 Å². The monoisotopic (exact) mass is 684 g/mol. The van der Waals surface area contributed by atoms with Crippen molar-refractivity contribution in [3.8, 4) is 11.1 Å². The summed E-state index contributed by atoms with van der Waals surface area (Å²) < 4.78 is 107. The molecule has 0 nitrogen and oxygen atoms in total. The molecule has 0 aliphatic carbocycles. The van der Waals surface area contributed by atoms with Crippen molar-refractivity contribution in [1.29, 1.82) is 0 Å². The zero-order valence-electron chi connectivity index (χ0n) is 38.1. The first-order chi connectivity index (χ1) is 26.2. The molecule has 7 rings (SSSR count). The highest BCUT2D eigenvalue weighted by Crippen LogP contribution is 2.42. The summed E-state index contributed by atoms with van der Waals surface area (Å²) in [6.07, 6.45) is 0. The minimum Gasteiger partial charge on any atom is -0.0904 e. The van der Waals surface area contributed by atoms with Gasteiger partial charge in [0.25, 0.3) is 0 Å². The topological polar surface area (TPSA) is 0 Å². The van der Waals surface area contributed by atoms with E-state index in [2.05, 4.69) is 52.1 Å². The fourth-order valence-corrected chi connectivity index (χ4v) is 18.6.